The lowest BCUT2D eigenvalue weighted by Crippen LogP contribution is -2.33. The number of aromatic nitrogens is 4. The van der Waals surface area contributed by atoms with Crippen molar-refractivity contribution in [1.82, 2.24) is 25.3 Å². The van der Waals surface area contributed by atoms with Crippen LogP contribution in [-0.2, 0) is 11.3 Å². The average Bonchev–Trinajstić information content (AvgIpc) is 3.13. The van der Waals surface area contributed by atoms with E-state index in [1.165, 1.54) is 4.68 Å². The smallest absolute Gasteiger partial charge is 0.241 e. The number of amides is 1. The summed E-state index contributed by atoms with van der Waals surface area (Å²) in [5, 5.41) is 26.4. The molecule has 0 bridgehead atoms. The van der Waals surface area contributed by atoms with Gasteiger partial charge >= 0.3 is 0 Å². The molecule has 4 rings (SSSR count). The number of carbonyl (C=O) groups excluding carboxylic acids is 1. The highest BCUT2D eigenvalue weighted by molar-refractivity contribution is 6.38. The summed E-state index contributed by atoms with van der Waals surface area (Å²) in [4.78, 5) is 12.3. The van der Waals surface area contributed by atoms with Crippen molar-refractivity contribution in [2.24, 2.45) is 0 Å². The van der Waals surface area contributed by atoms with Crippen molar-refractivity contribution in [2.75, 3.05) is 6.54 Å². The van der Waals surface area contributed by atoms with Crippen molar-refractivity contribution in [3.05, 3.63) is 65.7 Å². The van der Waals surface area contributed by atoms with Gasteiger partial charge in [0.15, 0.2) is 5.65 Å². The molecule has 152 valence electrons. The molecule has 2 aromatic heterocycles. The zero-order valence-corrected chi connectivity index (χ0v) is 17.0. The third kappa shape index (κ3) is 4.03. The Balaban J connectivity index is 1.84. The highest BCUT2D eigenvalue weighted by atomic mass is 35.5. The number of nitrogens with one attached hydrogen (secondary N) is 1. The molecule has 8 heteroatoms. The molecule has 30 heavy (non-hydrogen) atoms. The lowest BCUT2D eigenvalue weighted by Gasteiger charge is -2.08. The molecule has 2 aromatic carbocycles. The van der Waals surface area contributed by atoms with Gasteiger partial charge in [0.05, 0.1) is 16.5 Å². The van der Waals surface area contributed by atoms with Crippen molar-refractivity contribution in [2.45, 2.75) is 19.6 Å². The Kier molecular flexibility index (Phi) is 5.74. The van der Waals surface area contributed by atoms with E-state index in [1.807, 2.05) is 60.7 Å². The monoisotopic (exact) mass is 421 g/mol. The minimum Gasteiger partial charge on any atom is -0.392 e. The van der Waals surface area contributed by atoms with Crippen LogP contribution in [0, 0.1) is 0 Å². The molecule has 0 saturated carbocycles. The fourth-order valence-corrected chi connectivity index (χ4v) is 3.48. The summed E-state index contributed by atoms with van der Waals surface area (Å²) in [6.45, 7) is 1.70. The van der Waals surface area contributed by atoms with E-state index in [2.05, 4.69) is 20.6 Å². The summed E-state index contributed by atoms with van der Waals surface area (Å²) < 4.78 is 1.49. The lowest BCUT2D eigenvalue weighted by molar-refractivity contribution is -0.122. The number of halogens is 1. The van der Waals surface area contributed by atoms with E-state index in [0.29, 0.717) is 27.4 Å². The van der Waals surface area contributed by atoms with Crippen molar-refractivity contribution in [3.63, 3.8) is 0 Å². The molecule has 0 saturated heterocycles. The first kappa shape index (κ1) is 20.0. The normalized spacial score (nSPS) is 12.1. The van der Waals surface area contributed by atoms with Crippen molar-refractivity contribution in [1.29, 1.82) is 0 Å². The fraction of sp³-hybridized carbons (Fsp3) is 0.182. The summed E-state index contributed by atoms with van der Waals surface area (Å²) in [5.74, 6) is -0.287. The summed E-state index contributed by atoms with van der Waals surface area (Å²) in [5.41, 5.74) is 3.31. The third-order valence-electron chi connectivity index (χ3n) is 4.58. The molecule has 7 nitrogen and oxygen atoms in total. The lowest BCUT2D eigenvalue weighted by atomic mass is 10.1. The van der Waals surface area contributed by atoms with Gasteiger partial charge in [-0.2, -0.15) is 5.10 Å². The van der Waals surface area contributed by atoms with E-state index >= 15 is 0 Å². The second-order valence-electron chi connectivity index (χ2n) is 6.95. The number of hydrogen-bond acceptors (Lipinski definition) is 5. The first-order valence-electron chi connectivity index (χ1n) is 9.53. The van der Waals surface area contributed by atoms with Gasteiger partial charge in [-0.3, -0.25) is 4.79 Å². The van der Waals surface area contributed by atoms with Crippen LogP contribution in [0.4, 0.5) is 0 Å². The van der Waals surface area contributed by atoms with E-state index in [0.717, 1.165) is 11.1 Å². The molecule has 0 aliphatic carbocycles. The summed E-state index contributed by atoms with van der Waals surface area (Å²) in [7, 11) is 0. The molecule has 0 aliphatic heterocycles. The molecule has 0 unspecified atom stereocenters. The third-order valence-corrected chi connectivity index (χ3v) is 4.95. The maximum atomic E-state index is 12.3. The number of aliphatic hydroxyl groups excluding tert-OH is 1. The highest BCUT2D eigenvalue weighted by Crippen LogP contribution is 2.37. The maximum Gasteiger partial charge on any atom is 0.241 e. The van der Waals surface area contributed by atoms with Crippen LogP contribution in [0.15, 0.2) is 60.7 Å². The van der Waals surface area contributed by atoms with Crippen LogP contribution >= 0.6 is 11.6 Å². The summed E-state index contributed by atoms with van der Waals surface area (Å²) >= 11 is 6.79. The van der Waals surface area contributed by atoms with Gasteiger partial charge < -0.3 is 10.4 Å². The molecular weight excluding hydrogens is 402 g/mol. The summed E-state index contributed by atoms with van der Waals surface area (Å²) in [6, 6.07) is 19.2. The van der Waals surface area contributed by atoms with E-state index < -0.39 is 6.10 Å². The Hall–Kier alpha value is -3.29. The van der Waals surface area contributed by atoms with Crippen molar-refractivity contribution < 1.29 is 9.90 Å². The Bertz CT molecular complexity index is 1180. The number of fused-ring (bicyclic) bond motifs is 1. The van der Waals surface area contributed by atoms with Crippen LogP contribution in [0.5, 0.6) is 0 Å². The Morgan fingerprint density at radius 2 is 1.63 bits per heavy atom. The molecule has 0 radical (unpaired) electrons. The van der Waals surface area contributed by atoms with E-state index in [9.17, 15) is 9.90 Å². The number of carbonyl (C=O) groups is 1. The minimum absolute atomic E-state index is 0.0637. The van der Waals surface area contributed by atoms with Gasteiger partial charge in [-0.25, -0.2) is 4.68 Å². The average molecular weight is 422 g/mol. The van der Waals surface area contributed by atoms with E-state index in [1.54, 1.807) is 6.92 Å². The molecule has 1 atom stereocenters. The number of rotatable bonds is 6. The summed E-state index contributed by atoms with van der Waals surface area (Å²) in [6.07, 6.45) is -0.633. The Labute approximate surface area is 178 Å². The van der Waals surface area contributed by atoms with Gasteiger partial charge in [0, 0.05) is 17.7 Å². The number of benzene rings is 2. The van der Waals surface area contributed by atoms with Crippen LogP contribution in [0.3, 0.4) is 0 Å². The second kappa shape index (κ2) is 8.61. The first-order chi connectivity index (χ1) is 14.5. The van der Waals surface area contributed by atoms with Crippen molar-refractivity contribution in [3.8, 4) is 22.5 Å². The Morgan fingerprint density at radius 3 is 2.23 bits per heavy atom. The maximum absolute atomic E-state index is 12.3. The predicted octanol–water partition coefficient (Wildman–Crippen LogP) is 3.31. The molecule has 1 amide bonds. The molecule has 0 fully saturated rings. The van der Waals surface area contributed by atoms with Gasteiger partial charge in [0.1, 0.15) is 17.9 Å². The van der Waals surface area contributed by atoms with Crippen LogP contribution in [0.25, 0.3) is 33.5 Å². The molecular formula is C22H20ClN5O2. The first-order valence-corrected chi connectivity index (χ1v) is 9.90. The molecule has 2 N–H and O–H groups in total. The van der Waals surface area contributed by atoms with Gasteiger partial charge in [-0.05, 0) is 6.92 Å². The van der Waals surface area contributed by atoms with Crippen LogP contribution in [0.1, 0.15) is 6.92 Å². The van der Waals surface area contributed by atoms with Gasteiger partial charge in [-0.15, -0.1) is 10.2 Å². The molecule has 2 heterocycles. The number of hydrogen-bond donors (Lipinski definition) is 2. The zero-order valence-electron chi connectivity index (χ0n) is 16.3. The van der Waals surface area contributed by atoms with Crippen LogP contribution in [-0.4, -0.2) is 43.6 Å². The number of aliphatic hydroxyl groups is 1. The highest BCUT2D eigenvalue weighted by Gasteiger charge is 2.22. The number of nitrogens with zero attached hydrogens (tertiary/aromatic N) is 4. The SMILES string of the molecule is C[C@H](O)CNC(=O)Cn1nc(-c2ccccc2)c2c(Cl)c(-c3ccccc3)nnc21. The van der Waals surface area contributed by atoms with Gasteiger partial charge in [-0.1, -0.05) is 72.3 Å². The quantitative estimate of drug-likeness (QED) is 0.498. The fourth-order valence-electron chi connectivity index (χ4n) is 3.16. The van der Waals surface area contributed by atoms with Crippen molar-refractivity contribution >= 4 is 28.5 Å². The standard InChI is InChI=1S/C22H20ClN5O2/c1-14(29)12-24-17(30)13-28-22-18(20(27-28)15-8-4-2-5-9-15)19(23)21(25-26-22)16-10-6-3-7-11-16/h2-11,14,29H,12-13H2,1H3,(H,24,30)/t14-/m0/s1. The molecule has 4 aromatic rings. The predicted molar refractivity (Wildman–Crippen MR) is 116 cm³/mol. The van der Waals surface area contributed by atoms with Gasteiger partial charge in [0.25, 0.3) is 0 Å². The van der Waals surface area contributed by atoms with E-state index in [4.69, 9.17) is 11.6 Å². The topological polar surface area (TPSA) is 92.9 Å². The largest absolute Gasteiger partial charge is 0.392 e. The minimum atomic E-state index is -0.633. The second-order valence-corrected chi connectivity index (χ2v) is 7.33. The van der Waals surface area contributed by atoms with E-state index in [-0.39, 0.29) is 19.0 Å². The zero-order chi connectivity index (χ0) is 21.1. The molecule has 0 spiro atoms. The van der Waals surface area contributed by atoms with Crippen LogP contribution in [0.2, 0.25) is 5.02 Å². The molecule has 0 aliphatic rings. The Morgan fingerprint density at radius 1 is 1.03 bits per heavy atom. The van der Waals surface area contributed by atoms with Crippen LogP contribution < -0.4 is 5.32 Å². The van der Waals surface area contributed by atoms with Gasteiger partial charge in [0.2, 0.25) is 5.91 Å².